The molecule has 1 aromatic carbocycles. The summed E-state index contributed by atoms with van der Waals surface area (Å²) in [4.78, 5) is 16.1. The number of rotatable bonds is 5. The molecule has 136 valence electrons. The molecule has 7 heteroatoms. The van der Waals surface area contributed by atoms with Crippen LogP contribution in [0, 0.1) is 6.92 Å². The molecule has 2 heterocycles. The van der Waals surface area contributed by atoms with E-state index in [1.807, 2.05) is 13.0 Å². The van der Waals surface area contributed by atoms with Gasteiger partial charge in [0.2, 0.25) is 5.88 Å². The molecule has 0 fully saturated rings. The summed E-state index contributed by atoms with van der Waals surface area (Å²) in [6.07, 6.45) is 3.28. The summed E-state index contributed by atoms with van der Waals surface area (Å²) in [5.74, 6) is 0.144. The Morgan fingerprint density at radius 1 is 1.19 bits per heavy atom. The van der Waals surface area contributed by atoms with Gasteiger partial charge in [0.1, 0.15) is 12.4 Å². The standard InChI is InChI=1S/C19H19NO5S/c1-12(2)26(22,23)16-9-14(17-6-7-24-19(17)21)8-15(10-16)25-18-5-4-13(3)11-20-18/h4-6,8-12H,7H2,1-3H3. The molecule has 0 radical (unpaired) electrons. The molecule has 0 bridgehead atoms. The van der Waals surface area contributed by atoms with Gasteiger partial charge in [0.05, 0.1) is 15.7 Å². The van der Waals surface area contributed by atoms with E-state index in [-0.39, 0.29) is 11.5 Å². The highest BCUT2D eigenvalue weighted by molar-refractivity contribution is 7.92. The van der Waals surface area contributed by atoms with Gasteiger partial charge in [0, 0.05) is 12.3 Å². The number of aromatic nitrogens is 1. The van der Waals surface area contributed by atoms with Gasteiger partial charge >= 0.3 is 5.97 Å². The Labute approximate surface area is 152 Å². The van der Waals surface area contributed by atoms with Gasteiger partial charge in [-0.3, -0.25) is 0 Å². The second kappa shape index (κ2) is 6.92. The van der Waals surface area contributed by atoms with Crippen molar-refractivity contribution < 1.29 is 22.7 Å². The van der Waals surface area contributed by atoms with Crippen LogP contribution in [0.1, 0.15) is 25.0 Å². The van der Waals surface area contributed by atoms with Crippen LogP contribution < -0.4 is 4.74 Å². The number of esters is 1. The number of carbonyl (C=O) groups is 1. The minimum absolute atomic E-state index is 0.0905. The van der Waals surface area contributed by atoms with Crippen LogP contribution in [-0.4, -0.2) is 31.2 Å². The van der Waals surface area contributed by atoms with E-state index in [2.05, 4.69) is 4.98 Å². The van der Waals surface area contributed by atoms with E-state index in [4.69, 9.17) is 9.47 Å². The third-order valence-corrected chi connectivity index (χ3v) is 6.10. The number of ether oxygens (including phenoxy) is 2. The Morgan fingerprint density at radius 2 is 1.96 bits per heavy atom. The minimum atomic E-state index is -3.55. The third-order valence-electron chi connectivity index (χ3n) is 3.97. The fourth-order valence-electron chi connectivity index (χ4n) is 2.46. The summed E-state index contributed by atoms with van der Waals surface area (Å²) >= 11 is 0. The molecule has 0 amide bonds. The zero-order valence-corrected chi connectivity index (χ0v) is 15.5. The Kier molecular flexibility index (Phi) is 4.82. The normalized spacial score (nSPS) is 14.3. The fourth-order valence-corrected chi connectivity index (χ4v) is 3.57. The van der Waals surface area contributed by atoms with Gasteiger partial charge in [0.25, 0.3) is 0 Å². The van der Waals surface area contributed by atoms with Gasteiger partial charge in [-0.05, 0) is 56.2 Å². The van der Waals surface area contributed by atoms with Gasteiger partial charge in [0.15, 0.2) is 9.84 Å². The molecule has 0 unspecified atom stereocenters. The molecule has 26 heavy (non-hydrogen) atoms. The third kappa shape index (κ3) is 3.62. The molecular formula is C19H19NO5S. The Hall–Kier alpha value is -2.67. The fraction of sp³-hybridized carbons (Fsp3) is 0.263. The number of cyclic esters (lactones) is 1. The Balaban J connectivity index is 2.08. The quantitative estimate of drug-likeness (QED) is 0.748. The first-order chi connectivity index (χ1) is 12.3. The molecule has 0 atom stereocenters. The maximum Gasteiger partial charge on any atom is 0.338 e. The van der Waals surface area contributed by atoms with Crippen LogP contribution in [-0.2, 0) is 19.4 Å². The molecule has 1 aliphatic rings. The van der Waals surface area contributed by atoms with Crippen molar-refractivity contribution in [2.75, 3.05) is 6.61 Å². The monoisotopic (exact) mass is 373 g/mol. The lowest BCUT2D eigenvalue weighted by Crippen LogP contribution is -2.14. The van der Waals surface area contributed by atoms with Crippen molar-refractivity contribution in [3.8, 4) is 11.6 Å². The Bertz CT molecular complexity index is 975. The van der Waals surface area contributed by atoms with Crippen LogP contribution in [0.25, 0.3) is 5.57 Å². The molecule has 0 N–H and O–H groups in total. The predicted octanol–water partition coefficient (Wildman–Crippen LogP) is 3.30. The van der Waals surface area contributed by atoms with Crippen LogP contribution in [0.15, 0.2) is 47.5 Å². The summed E-state index contributed by atoms with van der Waals surface area (Å²) in [6, 6.07) is 8.07. The lowest BCUT2D eigenvalue weighted by Gasteiger charge is -2.13. The molecule has 0 saturated heterocycles. The first-order valence-corrected chi connectivity index (χ1v) is 9.69. The van der Waals surface area contributed by atoms with E-state index in [0.29, 0.717) is 22.8 Å². The highest BCUT2D eigenvalue weighted by Crippen LogP contribution is 2.31. The van der Waals surface area contributed by atoms with Crippen molar-refractivity contribution in [1.29, 1.82) is 0 Å². The summed E-state index contributed by atoms with van der Waals surface area (Å²) in [5.41, 5.74) is 1.75. The van der Waals surface area contributed by atoms with E-state index in [0.717, 1.165) is 5.56 Å². The SMILES string of the molecule is Cc1ccc(Oc2cc(C3=CCOC3=O)cc(S(=O)(=O)C(C)C)c2)nc1. The number of hydrogen-bond acceptors (Lipinski definition) is 6. The van der Waals surface area contributed by atoms with Gasteiger partial charge in [-0.2, -0.15) is 0 Å². The first-order valence-electron chi connectivity index (χ1n) is 8.14. The molecule has 1 aliphatic heterocycles. The van der Waals surface area contributed by atoms with Crippen molar-refractivity contribution in [3.63, 3.8) is 0 Å². The number of benzene rings is 1. The molecule has 1 aromatic heterocycles. The van der Waals surface area contributed by atoms with Gasteiger partial charge in [-0.1, -0.05) is 6.07 Å². The maximum absolute atomic E-state index is 12.6. The molecule has 6 nitrogen and oxygen atoms in total. The van der Waals surface area contributed by atoms with E-state index in [1.165, 1.54) is 12.1 Å². The first kappa shape index (κ1) is 18.1. The number of hydrogen-bond donors (Lipinski definition) is 0. The second-order valence-corrected chi connectivity index (χ2v) is 8.78. The van der Waals surface area contributed by atoms with Crippen molar-refractivity contribution >= 4 is 21.4 Å². The van der Waals surface area contributed by atoms with E-state index >= 15 is 0 Å². The summed E-state index contributed by atoms with van der Waals surface area (Å²) in [5, 5.41) is -0.604. The topological polar surface area (TPSA) is 82.6 Å². The van der Waals surface area contributed by atoms with Gasteiger partial charge in [-0.25, -0.2) is 18.2 Å². The summed E-state index contributed by atoms with van der Waals surface area (Å²) in [6.45, 7) is 5.29. The van der Waals surface area contributed by atoms with Crippen LogP contribution in [0.3, 0.4) is 0 Å². The summed E-state index contributed by atoms with van der Waals surface area (Å²) in [7, 11) is -3.55. The smallest absolute Gasteiger partial charge is 0.338 e. The van der Waals surface area contributed by atoms with E-state index in [9.17, 15) is 13.2 Å². The average Bonchev–Trinajstić information content (AvgIpc) is 3.02. The lowest BCUT2D eigenvalue weighted by molar-refractivity contribution is -0.133. The maximum atomic E-state index is 12.6. The minimum Gasteiger partial charge on any atom is -0.458 e. The van der Waals surface area contributed by atoms with Crippen molar-refractivity contribution in [1.82, 2.24) is 4.98 Å². The van der Waals surface area contributed by atoms with Crippen LogP contribution in [0.5, 0.6) is 11.6 Å². The Morgan fingerprint density at radius 3 is 2.54 bits per heavy atom. The van der Waals surface area contributed by atoms with Crippen LogP contribution >= 0.6 is 0 Å². The average molecular weight is 373 g/mol. The number of aryl methyl sites for hydroxylation is 1. The van der Waals surface area contributed by atoms with Gasteiger partial charge in [-0.15, -0.1) is 0 Å². The van der Waals surface area contributed by atoms with Crippen LogP contribution in [0.4, 0.5) is 0 Å². The molecule has 2 aromatic rings. The van der Waals surface area contributed by atoms with E-state index in [1.54, 1.807) is 38.3 Å². The number of nitrogens with zero attached hydrogens (tertiary/aromatic N) is 1. The van der Waals surface area contributed by atoms with E-state index < -0.39 is 21.1 Å². The van der Waals surface area contributed by atoms with Crippen LogP contribution in [0.2, 0.25) is 0 Å². The molecule has 0 spiro atoms. The van der Waals surface area contributed by atoms with Gasteiger partial charge < -0.3 is 9.47 Å². The molecule has 3 rings (SSSR count). The number of pyridine rings is 1. The molecule has 0 aliphatic carbocycles. The molecule has 0 saturated carbocycles. The largest absolute Gasteiger partial charge is 0.458 e. The molecular weight excluding hydrogens is 354 g/mol. The zero-order chi connectivity index (χ0) is 18.9. The van der Waals surface area contributed by atoms with Crippen molar-refractivity contribution in [2.45, 2.75) is 30.9 Å². The highest BCUT2D eigenvalue weighted by Gasteiger charge is 2.25. The predicted molar refractivity (Wildman–Crippen MR) is 96.7 cm³/mol. The second-order valence-electron chi connectivity index (χ2n) is 6.28. The van der Waals surface area contributed by atoms with Crippen molar-refractivity contribution in [3.05, 3.63) is 53.7 Å². The van der Waals surface area contributed by atoms with Crippen molar-refractivity contribution in [2.24, 2.45) is 0 Å². The highest BCUT2D eigenvalue weighted by atomic mass is 32.2. The zero-order valence-electron chi connectivity index (χ0n) is 14.7. The number of carbonyl (C=O) groups excluding carboxylic acids is 1. The number of sulfone groups is 1. The lowest BCUT2D eigenvalue weighted by atomic mass is 10.1. The summed E-state index contributed by atoms with van der Waals surface area (Å²) < 4.78 is 35.9.